The van der Waals surface area contributed by atoms with E-state index >= 15 is 0 Å². The van der Waals surface area contributed by atoms with Gasteiger partial charge in [-0.2, -0.15) is 0 Å². The summed E-state index contributed by atoms with van der Waals surface area (Å²) in [6, 6.07) is 45.6. The molecule has 0 bridgehead atoms. The van der Waals surface area contributed by atoms with Gasteiger partial charge in [0.15, 0.2) is 11.7 Å². The lowest BCUT2D eigenvalue weighted by atomic mass is 9.95. The van der Waals surface area contributed by atoms with Gasteiger partial charge in [0.2, 0.25) is 0 Å². The lowest BCUT2D eigenvalue weighted by molar-refractivity contribution is 1.24. The van der Waals surface area contributed by atoms with Crippen molar-refractivity contribution in [2.45, 2.75) is 13.8 Å². The summed E-state index contributed by atoms with van der Waals surface area (Å²) in [6.45, 7) is 20.5. The second-order valence-electron chi connectivity index (χ2n) is 13.3. The highest BCUT2D eigenvalue weighted by molar-refractivity contribution is 7.19. The Kier molecular flexibility index (Phi) is 11.8. The lowest BCUT2D eigenvalue weighted by Gasteiger charge is -2.13. The van der Waals surface area contributed by atoms with Gasteiger partial charge in [0.25, 0.3) is 0 Å². The third-order valence-corrected chi connectivity index (χ3v) is 10.6. The van der Waals surface area contributed by atoms with Crippen molar-refractivity contribution in [3.8, 4) is 44.9 Å². The quantitative estimate of drug-likeness (QED) is 0.0708. The van der Waals surface area contributed by atoms with Crippen molar-refractivity contribution < 1.29 is 0 Å². The molecule has 0 aliphatic rings. The van der Waals surface area contributed by atoms with E-state index in [4.69, 9.17) is 20.0 Å². The minimum absolute atomic E-state index is 0.532. The SMILES string of the molecule is C=C/C=C(\C=C)C(C)=NC(=NC(=C)c1cc(-c2cccc(-c3ccccc3)c2)cc(-c2nc(-c3ccccc3)c3c(/C=C\C)c(C=C)sc3n2)c1)c1ccccc1. The van der Waals surface area contributed by atoms with Crippen molar-refractivity contribution in [2.24, 2.45) is 9.98 Å². The summed E-state index contributed by atoms with van der Waals surface area (Å²) in [7, 11) is 0. The number of benzene rings is 5. The van der Waals surface area contributed by atoms with Gasteiger partial charge < -0.3 is 0 Å². The summed E-state index contributed by atoms with van der Waals surface area (Å²) in [6.07, 6.45) is 11.4. The number of rotatable bonds is 12. The van der Waals surface area contributed by atoms with Gasteiger partial charge in [0.1, 0.15) is 4.83 Å². The van der Waals surface area contributed by atoms with Gasteiger partial charge in [-0.1, -0.05) is 172 Å². The van der Waals surface area contributed by atoms with Crippen LogP contribution < -0.4 is 0 Å². The second kappa shape index (κ2) is 17.6. The molecule has 57 heavy (non-hydrogen) atoms. The summed E-state index contributed by atoms with van der Waals surface area (Å²) >= 11 is 1.62. The maximum atomic E-state index is 5.34. The number of aromatic nitrogens is 2. The van der Waals surface area contributed by atoms with Gasteiger partial charge >= 0.3 is 0 Å². The number of aliphatic imine (C=N–C) groups is 2. The molecule has 0 radical (unpaired) electrons. The van der Waals surface area contributed by atoms with Crippen LogP contribution in [0.4, 0.5) is 0 Å². The maximum absolute atomic E-state index is 5.34. The summed E-state index contributed by atoms with van der Waals surface area (Å²) in [5.41, 5.74) is 11.9. The zero-order chi connectivity index (χ0) is 39.7. The molecule has 4 nitrogen and oxygen atoms in total. The second-order valence-corrected chi connectivity index (χ2v) is 14.3. The summed E-state index contributed by atoms with van der Waals surface area (Å²) in [5.74, 6) is 1.13. The first kappa shape index (κ1) is 38.2. The molecule has 0 unspecified atom stereocenters. The fraction of sp³-hybridized carbons (Fsp3) is 0.0385. The first-order valence-electron chi connectivity index (χ1n) is 18.7. The molecule has 0 fully saturated rings. The van der Waals surface area contributed by atoms with Crippen molar-refractivity contribution in [2.75, 3.05) is 0 Å². The molecular formula is C52H42N4S. The topological polar surface area (TPSA) is 50.5 Å². The van der Waals surface area contributed by atoms with Crippen molar-refractivity contribution in [3.05, 3.63) is 211 Å². The van der Waals surface area contributed by atoms with E-state index in [-0.39, 0.29) is 0 Å². The van der Waals surface area contributed by atoms with Crippen LogP contribution in [0.3, 0.4) is 0 Å². The fourth-order valence-corrected chi connectivity index (χ4v) is 7.69. The number of hydrogen-bond donors (Lipinski definition) is 0. The molecule has 0 amide bonds. The van der Waals surface area contributed by atoms with Crippen molar-refractivity contribution >= 4 is 50.9 Å². The molecule has 7 rings (SSSR count). The Hall–Kier alpha value is -7.08. The molecule has 5 heteroatoms. The van der Waals surface area contributed by atoms with E-state index in [9.17, 15) is 0 Å². The normalized spacial score (nSPS) is 12.2. The van der Waals surface area contributed by atoms with Crippen molar-refractivity contribution in [1.29, 1.82) is 0 Å². The van der Waals surface area contributed by atoms with E-state index in [1.54, 1.807) is 23.5 Å². The van der Waals surface area contributed by atoms with Crippen LogP contribution in [-0.2, 0) is 0 Å². The largest absolute Gasteiger partial charge is 0.233 e. The Labute approximate surface area is 339 Å². The molecule has 2 aromatic heterocycles. The van der Waals surface area contributed by atoms with Crippen LogP contribution >= 0.6 is 11.3 Å². The highest BCUT2D eigenvalue weighted by Crippen LogP contribution is 2.40. The third kappa shape index (κ3) is 8.45. The number of nitrogens with zero attached hydrogens (tertiary/aromatic N) is 4. The minimum atomic E-state index is 0.532. The fourth-order valence-electron chi connectivity index (χ4n) is 6.68. The van der Waals surface area contributed by atoms with Crippen LogP contribution in [0.1, 0.15) is 35.4 Å². The smallest absolute Gasteiger partial charge is 0.161 e. The van der Waals surface area contributed by atoms with Gasteiger partial charge in [-0.3, -0.25) is 0 Å². The van der Waals surface area contributed by atoms with Gasteiger partial charge in [-0.25, -0.2) is 20.0 Å². The first-order chi connectivity index (χ1) is 27.9. The monoisotopic (exact) mass is 754 g/mol. The van der Waals surface area contributed by atoms with Crippen LogP contribution in [0.5, 0.6) is 0 Å². The van der Waals surface area contributed by atoms with Crippen LogP contribution in [0, 0.1) is 0 Å². The minimum Gasteiger partial charge on any atom is -0.233 e. The summed E-state index contributed by atoms with van der Waals surface area (Å²) in [5, 5.41) is 1.01. The van der Waals surface area contributed by atoms with E-state index in [0.29, 0.717) is 17.4 Å². The average Bonchev–Trinajstić information content (AvgIpc) is 3.63. The van der Waals surface area contributed by atoms with Crippen LogP contribution in [0.25, 0.3) is 73.0 Å². The van der Waals surface area contributed by atoms with E-state index in [1.807, 2.05) is 86.7 Å². The predicted octanol–water partition coefficient (Wildman–Crippen LogP) is 14.2. The van der Waals surface area contributed by atoms with Crippen LogP contribution in [0.15, 0.2) is 200 Å². The van der Waals surface area contributed by atoms with Crippen molar-refractivity contribution in [1.82, 2.24) is 9.97 Å². The van der Waals surface area contributed by atoms with Crippen LogP contribution in [-0.4, -0.2) is 21.5 Å². The number of hydrogen-bond acceptors (Lipinski definition) is 4. The molecule has 0 aliphatic carbocycles. The highest BCUT2D eigenvalue weighted by atomic mass is 32.1. The molecule has 276 valence electrons. The lowest BCUT2D eigenvalue weighted by Crippen LogP contribution is -2.04. The molecule has 0 spiro atoms. The van der Waals surface area contributed by atoms with Gasteiger partial charge in [0, 0.05) is 43.8 Å². The number of fused-ring (bicyclic) bond motifs is 1. The molecule has 7 aromatic rings. The van der Waals surface area contributed by atoms with Crippen LogP contribution in [0.2, 0.25) is 0 Å². The molecule has 0 N–H and O–H groups in total. The van der Waals surface area contributed by atoms with E-state index in [0.717, 1.165) is 82.1 Å². The van der Waals surface area contributed by atoms with E-state index < -0.39 is 0 Å². The predicted molar refractivity (Wildman–Crippen MR) is 248 cm³/mol. The highest BCUT2D eigenvalue weighted by Gasteiger charge is 2.20. The van der Waals surface area contributed by atoms with E-state index in [1.165, 1.54) is 0 Å². The Morgan fingerprint density at radius 2 is 1.26 bits per heavy atom. The Morgan fingerprint density at radius 3 is 1.91 bits per heavy atom. The Morgan fingerprint density at radius 1 is 0.649 bits per heavy atom. The van der Waals surface area contributed by atoms with Gasteiger partial charge in [0.05, 0.1) is 11.4 Å². The number of thiophene rings is 1. The number of allylic oxidation sites excluding steroid dienone is 5. The standard InChI is InChI=1S/C52H42N4S/c1-7-21-37(9-3)35(5)53-50(40-27-18-13-19-28-40)54-36(6)43-32-44(42-30-20-29-41(31-42)38-23-14-11-15-24-38)34-45(33-43)51-55-49(39-25-16-12-17-26-39)48-46(22-8-2)47(10-4)57-52(48)56-51/h7-34H,1,3-4,6H2,2,5H3/b22-8-,37-21+,53-35?,54-50?. The zero-order valence-electron chi connectivity index (χ0n) is 32.2. The molecule has 0 saturated carbocycles. The maximum Gasteiger partial charge on any atom is 0.161 e. The zero-order valence-corrected chi connectivity index (χ0v) is 33.0. The first-order valence-corrected chi connectivity index (χ1v) is 19.5. The molecule has 0 aliphatic heterocycles. The average molecular weight is 755 g/mol. The summed E-state index contributed by atoms with van der Waals surface area (Å²) < 4.78 is 0. The molecular weight excluding hydrogens is 713 g/mol. The van der Waals surface area contributed by atoms with E-state index in [2.05, 4.69) is 111 Å². The summed E-state index contributed by atoms with van der Waals surface area (Å²) in [4.78, 5) is 22.7. The third-order valence-electron chi connectivity index (χ3n) is 9.49. The Balaban J connectivity index is 1.46. The van der Waals surface area contributed by atoms with Gasteiger partial charge in [-0.05, 0) is 65.9 Å². The Bertz CT molecular complexity index is 2750. The number of amidine groups is 1. The van der Waals surface area contributed by atoms with Gasteiger partial charge in [-0.15, -0.1) is 11.3 Å². The molecule has 2 heterocycles. The molecule has 0 saturated heterocycles. The molecule has 0 atom stereocenters. The van der Waals surface area contributed by atoms with Crippen molar-refractivity contribution in [3.63, 3.8) is 0 Å². The molecule has 5 aromatic carbocycles.